The first kappa shape index (κ1) is 20.9. The van der Waals surface area contributed by atoms with Crippen molar-refractivity contribution in [3.8, 4) is 11.5 Å². The van der Waals surface area contributed by atoms with Crippen LogP contribution in [-0.4, -0.2) is 24.8 Å². The van der Waals surface area contributed by atoms with E-state index in [1.807, 2.05) is 32.9 Å². The van der Waals surface area contributed by atoms with Crippen molar-refractivity contribution < 1.29 is 14.3 Å². The largest absolute Gasteiger partial charge is 0.494 e. The summed E-state index contributed by atoms with van der Waals surface area (Å²) < 4.78 is 13.2. The van der Waals surface area contributed by atoms with Crippen LogP contribution < -0.4 is 14.9 Å². The Morgan fingerprint density at radius 3 is 2.35 bits per heavy atom. The molecule has 0 heterocycles. The Morgan fingerprint density at radius 2 is 1.81 bits per heavy atom. The summed E-state index contributed by atoms with van der Waals surface area (Å²) in [5.74, 6) is 1.34. The number of nitrogens with zero attached hydrogens (tertiary/aromatic N) is 1. The molecule has 0 spiro atoms. The predicted octanol–water partition coefficient (Wildman–Crippen LogP) is 4.85. The van der Waals surface area contributed by atoms with Crippen molar-refractivity contribution in [1.82, 2.24) is 5.43 Å². The summed E-state index contributed by atoms with van der Waals surface area (Å²) in [6.45, 7) is 6.50. The molecule has 0 aliphatic rings. The Morgan fingerprint density at radius 1 is 1.19 bits per heavy atom. The molecule has 0 saturated heterocycles. The van der Waals surface area contributed by atoms with Crippen molar-refractivity contribution in [1.29, 1.82) is 0 Å². The lowest BCUT2D eigenvalue weighted by Crippen LogP contribution is -2.17. The van der Waals surface area contributed by atoms with E-state index < -0.39 is 0 Å². The van der Waals surface area contributed by atoms with Crippen LogP contribution in [0.2, 0.25) is 0 Å². The zero-order valence-corrected chi connectivity index (χ0v) is 19.1. The molecule has 2 aromatic carbocycles. The number of amides is 1. The van der Waals surface area contributed by atoms with Crippen LogP contribution in [0, 0.1) is 7.14 Å². The number of ether oxygens (including phenoxy) is 2. The standard InChI is InChI=1S/C19H20I2N2O3/c1-4-25-15-7-5-14(6-8-15)19(24)23-22-11-13-9-16(20)18(17(21)10-13)26-12(2)3/h5-12H,4H2,1-3H3,(H,23,24)/b22-11-. The molecule has 0 aliphatic heterocycles. The predicted molar refractivity (Wildman–Crippen MR) is 120 cm³/mol. The maximum atomic E-state index is 12.1. The lowest BCUT2D eigenvalue weighted by Gasteiger charge is -2.14. The van der Waals surface area contributed by atoms with Gasteiger partial charge in [-0.15, -0.1) is 0 Å². The van der Waals surface area contributed by atoms with Crippen LogP contribution in [0.5, 0.6) is 11.5 Å². The molecule has 1 amide bonds. The number of nitrogens with one attached hydrogen (secondary N) is 1. The lowest BCUT2D eigenvalue weighted by atomic mass is 10.2. The second-order valence-corrected chi connectivity index (χ2v) is 7.96. The third-order valence-electron chi connectivity index (χ3n) is 3.18. The van der Waals surface area contributed by atoms with Crippen LogP contribution >= 0.6 is 45.2 Å². The van der Waals surface area contributed by atoms with Crippen molar-refractivity contribution in [3.05, 3.63) is 54.7 Å². The highest BCUT2D eigenvalue weighted by Crippen LogP contribution is 2.29. The molecule has 5 nitrogen and oxygen atoms in total. The number of halogens is 2. The topological polar surface area (TPSA) is 59.9 Å². The van der Waals surface area contributed by atoms with Gasteiger partial charge >= 0.3 is 0 Å². The highest BCUT2D eigenvalue weighted by atomic mass is 127. The van der Waals surface area contributed by atoms with Gasteiger partial charge in [0, 0.05) is 5.56 Å². The average Bonchev–Trinajstić information content (AvgIpc) is 2.59. The molecule has 0 aliphatic carbocycles. The second kappa shape index (κ2) is 10.1. The van der Waals surface area contributed by atoms with Gasteiger partial charge in [0.2, 0.25) is 0 Å². The molecule has 0 aromatic heterocycles. The minimum atomic E-state index is -0.270. The first-order valence-electron chi connectivity index (χ1n) is 8.12. The molecule has 138 valence electrons. The minimum Gasteiger partial charge on any atom is -0.494 e. The maximum Gasteiger partial charge on any atom is 0.271 e. The smallest absolute Gasteiger partial charge is 0.271 e. The molecule has 0 saturated carbocycles. The molecule has 26 heavy (non-hydrogen) atoms. The Hall–Kier alpha value is -1.36. The van der Waals surface area contributed by atoms with E-state index in [9.17, 15) is 4.79 Å². The number of rotatable bonds is 7. The molecular formula is C19H20I2N2O3. The van der Waals surface area contributed by atoms with Crippen molar-refractivity contribution in [2.45, 2.75) is 26.9 Å². The van der Waals surface area contributed by atoms with E-state index in [1.165, 1.54) is 0 Å². The molecule has 0 unspecified atom stereocenters. The second-order valence-electron chi connectivity index (χ2n) is 5.64. The molecule has 0 bridgehead atoms. The highest BCUT2D eigenvalue weighted by molar-refractivity contribution is 14.1. The van der Waals surface area contributed by atoms with Crippen LogP contribution in [0.1, 0.15) is 36.7 Å². The maximum absolute atomic E-state index is 12.1. The number of carbonyl (C=O) groups excluding carboxylic acids is 1. The van der Waals surface area contributed by atoms with E-state index in [2.05, 4.69) is 55.7 Å². The van der Waals surface area contributed by atoms with Gasteiger partial charge in [-0.25, -0.2) is 5.43 Å². The van der Waals surface area contributed by atoms with Crippen LogP contribution in [0.25, 0.3) is 0 Å². The number of hydrogen-bond acceptors (Lipinski definition) is 4. The van der Waals surface area contributed by atoms with E-state index in [0.29, 0.717) is 12.2 Å². The summed E-state index contributed by atoms with van der Waals surface area (Å²) in [4.78, 5) is 12.1. The SMILES string of the molecule is CCOc1ccc(C(=O)N/N=C\c2cc(I)c(OC(C)C)c(I)c2)cc1. The van der Waals surface area contributed by atoms with Crippen LogP contribution in [-0.2, 0) is 0 Å². The fraction of sp³-hybridized carbons (Fsp3) is 0.263. The Kier molecular flexibility index (Phi) is 8.14. The minimum absolute atomic E-state index is 0.116. The molecule has 0 fully saturated rings. The molecule has 0 radical (unpaired) electrons. The summed E-state index contributed by atoms with van der Waals surface area (Å²) in [6, 6.07) is 10.9. The Balaban J connectivity index is 2.02. The number of hydrogen-bond donors (Lipinski definition) is 1. The van der Waals surface area contributed by atoms with Crippen molar-refractivity contribution in [2.24, 2.45) is 5.10 Å². The third-order valence-corrected chi connectivity index (χ3v) is 4.78. The normalized spacial score (nSPS) is 11.0. The first-order chi connectivity index (χ1) is 12.4. The lowest BCUT2D eigenvalue weighted by molar-refractivity contribution is 0.0955. The molecule has 2 rings (SSSR count). The fourth-order valence-electron chi connectivity index (χ4n) is 2.10. The monoisotopic (exact) mass is 578 g/mol. The van der Waals surface area contributed by atoms with Crippen LogP contribution in [0.15, 0.2) is 41.5 Å². The van der Waals surface area contributed by atoms with Gasteiger partial charge in [0.25, 0.3) is 5.91 Å². The van der Waals surface area contributed by atoms with Gasteiger partial charge in [0.1, 0.15) is 11.5 Å². The van der Waals surface area contributed by atoms with Crippen LogP contribution in [0.4, 0.5) is 0 Å². The number of benzene rings is 2. The zero-order valence-electron chi connectivity index (χ0n) is 14.8. The summed E-state index contributed by atoms with van der Waals surface area (Å²) in [6.07, 6.45) is 1.74. The van der Waals surface area contributed by atoms with Gasteiger partial charge in [-0.2, -0.15) is 5.10 Å². The quantitative estimate of drug-likeness (QED) is 0.291. The molecule has 7 heteroatoms. The molecule has 2 aromatic rings. The van der Waals surface area contributed by atoms with E-state index in [-0.39, 0.29) is 12.0 Å². The summed E-state index contributed by atoms with van der Waals surface area (Å²) in [5, 5.41) is 4.05. The van der Waals surface area contributed by atoms with E-state index in [0.717, 1.165) is 24.2 Å². The Bertz CT molecular complexity index is 767. The number of carbonyl (C=O) groups is 1. The van der Waals surface area contributed by atoms with E-state index in [4.69, 9.17) is 9.47 Å². The Labute approximate surface area is 180 Å². The van der Waals surface area contributed by atoms with Gasteiger partial charge in [-0.1, -0.05) is 0 Å². The summed E-state index contributed by atoms with van der Waals surface area (Å²) in [5.41, 5.74) is 3.95. The zero-order chi connectivity index (χ0) is 19.1. The third kappa shape index (κ3) is 6.11. The van der Waals surface area contributed by atoms with Crippen molar-refractivity contribution in [2.75, 3.05) is 6.61 Å². The van der Waals surface area contributed by atoms with Crippen LogP contribution in [0.3, 0.4) is 0 Å². The first-order valence-corrected chi connectivity index (χ1v) is 10.3. The molecular weight excluding hydrogens is 558 g/mol. The molecule has 1 N–H and O–H groups in total. The fourth-order valence-corrected chi connectivity index (χ4v) is 4.17. The van der Waals surface area contributed by atoms with E-state index >= 15 is 0 Å². The van der Waals surface area contributed by atoms with Crippen molar-refractivity contribution in [3.63, 3.8) is 0 Å². The van der Waals surface area contributed by atoms with Gasteiger partial charge in [-0.05, 0) is 108 Å². The number of hydrazone groups is 1. The summed E-state index contributed by atoms with van der Waals surface area (Å²) in [7, 11) is 0. The van der Waals surface area contributed by atoms with Crippen molar-refractivity contribution >= 4 is 57.3 Å². The van der Waals surface area contributed by atoms with Gasteiger partial charge in [0.05, 0.1) is 26.1 Å². The summed E-state index contributed by atoms with van der Waals surface area (Å²) >= 11 is 4.48. The van der Waals surface area contributed by atoms with Gasteiger partial charge in [0.15, 0.2) is 0 Å². The van der Waals surface area contributed by atoms with Gasteiger partial charge < -0.3 is 9.47 Å². The van der Waals surface area contributed by atoms with E-state index in [1.54, 1.807) is 30.5 Å². The molecule has 0 atom stereocenters. The average molecular weight is 578 g/mol. The highest BCUT2D eigenvalue weighted by Gasteiger charge is 2.10. The van der Waals surface area contributed by atoms with Gasteiger partial charge in [-0.3, -0.25) is 4.79 Å².